The number of carbonyl (C=O) groups excluding carboxylic acids is 2. The number of amides is 2. The normalized spacial score (nSPS) is 14.7. The summed E-state index contributed by atoms with van der Waals surface area (Å²) in [4.78, 5) is 29.0. The van der Waals surface area contributed by atoms with Crippen LogP contribution in [0.3, 0.4) is 0 Å². The van der Waals surface area contributed by atoms with Gasteiger partial charge in [-0.3, -0.25) is 9.59 Å². The molecule has 1 aliphatic rings. The Hall–Kier alpha value is -2.51. The van der Waals surface area contributed by atoms with E-state index in [0.29, 0.717) is 16.1 Å². The second-order valence-corrected chi connectivity index (χ2v) is 6.22. The zero-order chi connectivity index (χ0) is 17.3. The van der Waals surface area contributed by atoms with E-state index < -0.39 is 17.6 Å². The van der Waals surface area contributed by atoms with E-state index in [0.717, 1.165) is 4.90 Å². The number of benzene rings is 1. The molecule has 1 N–H and O–H groups in total. The van der Waals surface area contributed by atoms with E-state index in [1.54, 1.807) is 24.1 Å². The van der Waals surface area contributed by atoms with Crippen molar-refractivity contribution < 1.29 is 19.1 Å². The molecular weight excluding hydrogens is 331 g/mol. The van der Waals surface area contributed by atoms with E-state index in [-0.39, 0.29) is 18.8 Å². The number of nitrogens with zero attached hydrogens (tertiary/aromatic N) is 2. The van der Waals surface area contributed by atoms with Crippen LogP contribution in [0, 0.1) is 5.82 Å². The van der Waals surface area contributed by atoms with Crippen LogP contribution in [-0.4, -0.2) is 42.0 Å². The average Bonchev–Trinajstić information content (AvgIpc) is 3.15. The Morgan fingerprint density at radius 2 is 1.88 bits per heavy atom. The van der Waals surface area contributed by atoms with Crippen LogP contribution in [0.15, 0.2) is 47.5 Å². The maximum Gasteiger partial charge on any atom is 0.282 e. The predicted molar refractivity (Wildman–Crippen MR) is 89.8 cm³/mol. The lowest BCUT2D eigenvalue weighted by molar-refractivity contribution is -0.120. The molecule has 0 unspecified atom stereocenters. The number of thiophene rings is 1. The van der Waals surface area contributed by atoms with Crippen molar-refractivity contribution in [3.05, 3.63) is 58.2 Å². The van der Waals surface area contributed by atoms with Crippen molar-refractivity contribution in [2.24, 2.45) is 0 Å². The van der Waals surface area contributed by atoms with Crippen molar-refractivity contribution in [2.75, 3.05) is 25.1 Å². The van der Waals surface area contributed by atoms with Crippen LogP contribution in [0.4, 0.5) is 10.1 Å². The predicted octanol–water partition coefficient (Wildman–Crippen LogP) is 2.10. The molecule has 1 aliphatic heterocycles. The summed E-state index contributed by atoms with van der Waals surface area (Å²) in [5.41, 5.74) is 0.851. The summed E-state index contributed by atoms with van der Waals surface area (Å²) in [6.45, 7) is 0.0796. The number of rotatable bonds is 5. The summed E-state index contributed by atoms with van der Waals surface area (Å²) >= 11 is 1.36. The zero-order valence-corrected chi connectivity index (χ0v) is 13.7. The Balaban J connectivity index is 2.08. The van der Waals surface area contributed by atoms with Gasteiger partial charge >= 0.3 is 0 Å². The highest BCUT2D eigenvalue weighted by Crippen LogP contribution is 2.35. The lowest BCUT2D eigenvalue weighted by Gasteiger charge is -2.20. The van der Waals surface area contributed by atoms with Crippen LogP contribution in [0.25, 0.3) is 5.57 Å². The number of aliphatic hydroxyl groups excluding tert-OH is 1. The Morgan fingerprint density at radius 3 is 2.46 bits per heavy atom. The minimum absolute atomic E-state index is 0.143. The van der Waals surface area contributed by atoms with Gasteiger partial charge in [0.1, 0.15) is 11.5 Å². The van der Waals surface area contributed by atoms with Crippen molar-refractivity contribution in [1.82, 2.24) is 4.90 Å². The highest BCUT2D eigenvalue weighted by atomic mass is 32.1. The van der Waals surface area contributed by atoms with Crippen molar-refractivity contribution in [3.8, 4) is 0 Å². The van der Waals surface area contributed by atoms with Crippen molar-refractivity contribution in [2.45, 2.75) is 0 Å². The number of aliphatic hydroxyl groups is 1. The largest absolute Gasteiger partial charge is 0.395 e. The summed E-state index contributed by atoms with van der Waals surface area (Å²) in [6, 6.07) is 8.77. The molecule has 1 aromatic carbocycles. The Kier molecular flexibility index (Phi) is 4.46. The van der Waals surface area contributed by atoms with Crippen molar-refractivity contribution >= 4 is 34.4 Å². The van der Waals surface area contributed by atoms with Gasteiger partial charge in [0, 0.05) is 18.5 Å². The minimum atomic E-state index is -0.481. The molecule has 0 radical (unpaired) electrons. The fourth-order valence-corrected chi connectivity index (χ4v) is 3.36. The molecule has 0 bridgehead atoms. The molecule has 3 rings (SSSR count). The highest BCUT2D eigenvalue weighted by Gasteiger charge is 2.42. The van der Waals surface area contributed by atoms with Crippen LogP contribution in [-0.2, 0) is 9.59 Å². The summed E-state index contributed by atoms with van der Waals surface area (Å²) in [5.74, 6) is -1.37. The van der Waals surface area contributed by atoms with Crippen LogP contribution in [0.2, 0.25) is 0 Å². The van der Waals surface area contributed by atoms with Gasteiger partial charge in [0.25, 0.3) is 11.8 Å². The Morgan fingerprint density at radius 1 is 1.17 bits per heavy atom. The van der Waals surface area contributed by atoms with Gasteiger partial charge in [-0.05, 0) is 35.7 Å². The number of imide groups is 1. The number of hydrogen-bond acceptors (Lipinski definition) is 5. The lowest BCUT2D eigenvalue weighted by atomic mass is 10.2. The Labute approximate surface area is 142 Å². The van der Waals surface area contributed by atoms with Crippen LogP contribution >= 0.6 is 11.3 Å². The third kappa shape index (κ3) is 2.72. The molecule has 0 aliphatic carbocycles. The molecular formula is C17H15FN2O3S. The van der Waals surface area contributed by atoms with E-state index in [4.69, 9.17) is 5.11 Å². The van der Waals surface area contributed by atoms with E-state index in [2.05, 4.69) is 0 Å². The van der Waals surface area contributed by atoms with Gasteiger partial charge in [-0.1, -0.05) is 6.07 Å². The minimum Gasteiger partial charge on any atom is -0.395 e. The van der Waals surface area contributed by atoms with Gasteiger partial charge < -0.3 is 10.0 Å². The lowest BCUT2D eigenvalue weighted by Crippen LogP contribution is -2.34. The van der Waals surface area contributed by atoms with Gasteiger partial charge in [0.05, 0.1) is 17.9 Å². The van der Waals surface area contributed by atoms with E-state index in [9.17, 15) is 14.0 Å². The third-order valence-electron chi connectivity index (χ3n) is 3.73. The number of anilines is 1. The first-order valence-electron chi connectivity index (χ1n) is 7.29. The second-order valence-electron chi connectivity index (χ2n) is 5.27. The molecule has 124 valence electrons. The standard InChI is InChI=1S/C17H15FN2O3S/c1-19(8-9-21)15-14(13-3-2-10-24-13)16(22)20(17(15)23)12-6-4-11(18)5-7-12/h2-7,10,21H,8-9H2,1H3. The molecule has 0 saturated heterocycles. The third-order valence-corrected chi connectivity index (χ3v) is 4.62. The summed E-state index contributed by atoms with van der Waals surface area (Å²) in [7, 11) is 1.65. The summed E-state index contributed by atoms with van der Waals surface area (Å²) < 4.78 is 13.1. The van der Waals surface area contributed by atoms with Crippen LogP contribution < -0.4 is 4.90 Å². The number of hydrogen-bond donors (Lipinski definition) is 1. The smallest absolute Gasteiger partial charge is 0.282 e. The molecule has 0 fully saturated rings. The first-order valence-corrected chi connectivity index (χ1v) is 8.17. The van der Waals surface area contributed by atoms with Crippen LogP contribution in [0.5, 0.6) is 0 Å². The maximum absolute atomic E-state index is 13.1. The quantitative estimate of drug-likeness (QED) is 0.843. The number of halogens is 1. The average molecular weight is 346 g/mol. The molecule has 0 spiro atoms. The maximum atomic E-state index is 13.1. The molecule has 24 heavy (non-hydrogen) atoms. The summed E-state index contributed by atoms with van der Waals surface area (Å²) in [6.07, 6.45) is 0. The molecule has 0 atom stereocenters. The summed E-state index contributed by atoms with van der Waals surface area (Å²) in [5, 5.41) is 11.0. The highest BCUT2D eigenvalue weighted by molar-refractivity contribution is 7.11. The van der Waals surface area contributed by atoms with Crippen molar-refractivity contribution in [1.29, 1.82) is 0 Å². The van der Waals surface area contributed by atoms with Gasteiger partial charge in [-0.15, -0.1) is 11.3 Å². The van der Waals surface area contributed by atoms with Gasteiger partial charge in [0.2, 0.25) is 0 Å². The molecule has 5 nitrogen and oxygen atoms in total. The number of likely N-dealkylation sites (N-methyl/N-ethyl adjacent to an activating group) is 1. The van der Waals surface area contributed by atoms with Gasteiger partial charge in [-0.25, -0.2) is 9.29 Å². The fraction of sp³-hybridized carbons (Fsp3) is 0.176. The second kappa shape index (κ2) is 6.54. The fourth-order valence-electron chi connectivity index (χ4n) is 2.60. The number of carbonyl (C=O) groups is 2. The molecule has 2 aromatic rings. The molecule has 0 saturated carbocycles. The van der Waals surface area contributed by atoms with Gasteiger partial charge in [-0.2, -0.15) is 0 Å². The topological polar surface area (TPSA) is 60.9 Å². The molecule has 2 heterocycles. The van der Waals surface area contributed by atoms with E-state index in [1.807, 2.05) is 5.38 Å². The monoisotopic (exact) mass is 346 g/mol. The molecule has 7 heteroatoms. The van der Waals surface area contributed by atoms with Crippen molar-refractivity contribution in [3.63, 3.8) is 0 Å². The van der Waals surface area contributed by atoms with Crippen LogP contribution in [0.1, 0.15) is 4.88 Å². The SMILES string of the molecule is CN(CCO)C1=C(c2cccs2)C(=O)N(c2ccc(F)cc2)C1=O. The first-order chi connectivity index (χ1) is 11.5. The molecule has 1 aromatic heterocycles. The van der Waals surface area contributed by atoms with Gasteiger partial charge in [0.15, 0.2) is 0 Å². The Bertz CT molecular complexity index is 800. The first kappa shape index (κ1) is 16.4. The van der Waals surface area contributed by atoms with E-state index >= 15 is 0 Å². The zero-order valence-electron chi connectivity index (χ0n) is 12.9. The molecule has 2 amide bonds. The van der Waals surface area contributed by atoms with E-state index in [1.165, 1.54) is 35.6 Å².